The van der Waals surface area contributed by atoms with Crippen LogP contribution in [0.3, 0.4) is 0 Å². The summed E-state index contributed by atoms with van der Waals surface area (Å²) in [6.45, 7) is 0.484. The van der Waals surface area contributed by atoms with Crippen molar-refractivity contribution < 1.29 is 13.5 Å². The van der Waals surface area contributed by atoms with Gasteiger partial charge >= 0.3 is 0 Å². The minimum atomic E-state index is -0.368. The Bertz CT molecular complexity index is 785. The highest BCUT2D eigenvalue weighted by molar-refractivity contribution is 7.19. The van der Waals surface area contributed by atoms with Crippen LogP contribution in [0.4, 0.5) is 8.78 Å². The first-order chi connectivity index (χ1) is 10.2. The number of fused-ring (bicyclic) bond motifs is 1. The van der Waals surface area contributed by atoms with Gasteiger partial charge in [0, 0.05) is 33.1 Å². The van der Waals surface area contributed by atoms with Gasteiger partial charge in [0.15, 0.2) is 0 Å². The molecule has 21 heavy (non-hydrogen) atoms. The topological polar surface area (TPSA) is 35.2 Å². The van der Waals surface area contributed by atoms with Crippen LogP contribution in [0.5, 0.6) is 5.75 Å². The molecule has 0 aliphatic heterocycles. The third-order valence-corrected chi connectivity index (χ3v) is 4.43. The predicted octanol–water partition coefficient (Wildman–Crippen LogP) is 4.22. The van der Waals surface area contributed by atoms with Crippen LogP contribution in [0.1, 0.15) is 10.4 Å². The van der Waals surface area contributed by atoms with Crippen LogP contribution in [0.25, 0.3) is 10.1 Å². The molecule has 0 bridgehead atoms. The molecule has 0 radical (unpaired) electrons. The van der Waals surface area contributed by atoms with Gasteiger partial charge in [-0.3, -0.25) is 0 Å². The number of nitrogens with two attached hydrogens (primary N) is 1. The van der Waals surface area contributed by atoms with E-state index in [4.69, 9.17) is 10.5 Å². The number of halogens is 2. The van der Waals surface area contributed by atoms with Crippen LogP contribution in [0, 0.1) is 11.6 Å². The van der Waals surface area contributed by atoms with Crippen molar-refractivity contribution in [1.29, 1.82) is 0 Å². The zero-order chi connectivity index (χ0) is 14.8. The number of benzene rings is 2. The molecule has 0 aliphatic rings. The molecule has 2 nitrogen and oxygen atoms in total. The second-order valence-electron chi connectivity index (χ2n) is 4.57. The van der Waals surface area contributed by atoms with Gasteiger partial charge in [-0.2, -0.15) is 0 Å². The van der Waals surface area contributed by atoms with E-state index < -0.39 is 0 Å². The van der Waals surface area contributed by atoms with Crippen molar-refractivity contribution in [3.05, 3.63) is 64.5 Å². The van der Waals surface area contributed by atoms with E-state index in [2.05, 4.69) is 0 Å². The number of thiophene rings is 1. The lowest BCUT2D eigenvalue weighted by Gasteiger charge is -2.07. The predicted molar refractivity (Wildman–Crippen MR) is 80.4 cm³/mol. The van der Waals surface area contributed by atoms with E-state index in [1.807, 2.05) is 6.07 Å². The molecule has 0 amide bonds. The van der Waals surface area contributed by atoms with Crippen LogP contribution >= 0.6 is 11.3 Å². The summed E-state index contributed by atoms with van der Waals surface area (Å²) in [7, 11) is 0. The Hall–Kier alpha value is -1.98. The maximum Gasteiger partial charge on any atom is 0.132 e. The maximum atomic E-state index is 14.0. The summed E-state index contributed by atoms with van der Waals surface area (Å²) in [5.41, 5.74) is 6.47. The molecule has 0 unspecified atom stereocenters. The molecule has 2 N–H and O–H groups in total. The largest absolute Gasteiger partial charge is 0.489 e. The van der Waals surface area contributed by atoms with Crippen molar-refractivity contribution in [2.45, 2.75) is 13.2 Å². The lowest BCUT2D eigenvalue weighted by Crippen LogP contribution is -2.02. The standard InChI is InChI=1S/C16H13F2NOS/c17-10-3-1-4-11(7-10)20-9-12-15(8-19)21-14-6-2-5-13(18)16(12)14/h1-7H,8-9,19H2. The zero-order valence-electron chi connectivity index (χ0n) is 11.1. The van der Waals surface area contributed by atoms with Gasteiger partial charge < -0.3 is 10.5 Å². The Morgan fingerprint density at radius 3 is 2.67 bits per heavy atom. The quantitative estimate of drug-likeness (QED) is 0.783. The molecular formula is C16H13F2NOS. The van der Waals surface area contributed by atoms with E-state index >= 15 is 0 Å². The van der Waals surface area contributed by atoms with Gasteiger partial charge in [-0.05, 0) is 24.3 Å². The highest BCUT2D eigenvalue weighted by atomic mass is 32.1. The van der Waals surface area contributed by atoms with Crippen LogP contribution < -0.4 is 10.5 Å². The number of hydrogen-bond donors (Lipinski definition) is 1. The van der Waals surface area contributed by atoms with E-state index in [-0.39, 0.29) is 18.2 Å². The van der Waals surface area contributed by atoms with Gasteiger partial charge in [-0.15, -0.1) is 11.3 Å². The molecule has 2 aromatic carbocycles. The van der Waals surface area contributed by atoms with E-state index in [0.717, 1.165) is 15.1 Å². The second kappa shape index (κ2) is 5.79. The van der Waals surface area contributed by atoms with Gasteiger partial charge in [-0.25, -0.2) is 8.78 Å². The molecule has 1 aromatic heterocycles. The first-order valence-electron chi connectivity index (χ1n) is 6.46. The van der Waals surface area contributed by atoms with Gasteiger partial charge in [0.2, 0.25) is 0 Å². The molecule has 0 spiro atoms. The number of rotatable bonds is 4. The first-order valence-corrected chi connectivity index (χ1v) is 7.28. The van der Waals surface area contributed by atoms with Gasteiger partial charge in [0.1, 0.15) is 24.0 Å². The summed E-state index contributed by atoms with van der Waals surface area (Å²) >= 11 is 1.46. The van der Waals surface area contributed by atoms with Crippen molar-refractivity contribution in [2.75, 3.05) is 0 Å². The lowest BCUT2D eigenvalue weighted by molar-refractivity contribution is 0.305. The third kappa shape index (κ3) is 2.75. The highest BCUT2D eigenvalue weighted by Gasteiger charge is 2.15. The van der Waals surface area contributed by atoms with E-state index in [9.17, 15) is 8.78 Å². The maximum absolute atomic E-state index is 14.0. The smallest absolute Gasteiger partial charge is 0.132 e. The van der Waals surface area contributed by atoms with Crippen molar-refractivity contribution in [1.82, 2.24) is 0 Å². The van der Waals surface area contributed by atoms with Crippen LogP contribution in [0.2, 0.25) is 0 Å². The van der Waals surface area contributed by atoms with Crippen molar-refractivity contribution in [2.24, 2.45) is 5.73 Å². The van der Waals surface area contributed by atoms with Crippen LogP contribution in [-0.4, -0.2) is 0 Å². The molecule has 0 saturated carbocycles. The number of ether oxygens (including phenoxy) is 1. The summed E-state index contributed by atoms with van der Waals surface area (Å²) < 4.78 is 33.6. The van der Waals surface area contributed by atoms with Crippen molar-refractivity contribution in [3.8, 4) is 5.75 Å². The monoisotopic (exact) mass is 305 g/mol. The van der Waals surface area contributed by atoms with Gasteiger partial charge in [0.25, 0.3) is 0 Å². The Morgan fingerprint density at radius 1 is 1.10 bits per heavy atom. The van der Waals surface area contributed by atoms with E-state index in [0.29, 0.717) is 17.7 Å². The highest BCUT2D eigenvalue weighted by Crippen LogP contribution is 2.33. The third-order valence-electron chi connectivity index (χ3n) is 3.21. The van der Waals surface area contributed by atoms with Gasteiger partial charge in [0.05, 0.1) is 0 Å². The fourth-order valence-corrected chi connectivity index (χ4v) is 3.35. The fraction of sp³-hybridized carbons (Fsp3) is 0.125. The minimum Gasteiger partial charge on any atom is -0.489 e. The molecule has 1 heterocycles. The summed E-state index contributed by atoms with van der Waals surface area (Å²) in [6, 6.07) is 10.8. The summed E-state index contributed by atoms with van der Waals surface area (Å²) in [5, 5.41) is 0.541. The van der Waals surface area contributed by atoms with Crippen LogP contribution in [0.15, 0.2) is 42.5 Å². The summed E-state index contributed by atoms with van der Waals surface area (Å²) in [5.74, 6) is -0.247. The van der Waals surface area contributed by atoms with Crippen molar-refractivity contribution >= 4 is 21.4 Å². The molecule has 5 heteroatoms. The number of hydrogen-bond acceptors (Lipinski definition) is 3. The minimum absolute atomic E-state index is 0.164. The zero-order valence-corrected chi connectivity index (χ0v) is 11.9. The molecule has 0 fully saturated rings. The Kier molecular flexibility index (Phi) is 3.86. The van der Waals surface area contributed by atoms with Gasteiger partial charge in [-0.1, -0.05) is 12.1 Å². The molecule has 108 valence electrons. The lowest BCUT2D eigenvalue weighted by atomic mass is 10.1. The average Bonchev–Trinajstić information content (AvgIpc) is 2.84. The van der Waals surface area contributed by atoms with Crippen LogP contribution in [-0.2, 0) is 13.2 Å². The summed E-state index contributed by atoms with van der Waals surface area (Å²) in [4.78, 5) is 0.881. The summed E-state index contributed by atoms with van der Waals surface area (Å²) in [6.07, 6.45) is 0. The molecule has 3 rings (SSSR count). The Morgan fingerprint density at radius 2 is 1.90 bits per heavy atom. The molecule has 0 atom stereocenters. The Balaban J connectivity index is 1.96. The molecule has 0 aliphatic carbocycles. The van der Waals surface area contributed by atoms with Crippen molar-refractivity contribution in [3.63, 3.8) is 0 Å². The second-order valence-corrected chi connectivity index (χ2v) is 5.70. The molecular weight excluding hydrogens is 292 g/mol. The Labute approximate surface area is 124 Å². The average molecular weight is 305 g/mol. The first kappa shape index (κ1) is 14.0. The molecule has 0 saturated heterocycles. The van der Waals surface area contributed by atoms with E-state index in [1.165, 1.54) is 29.5 Å². The van der Waals surface area contributed by atoms with E-state index in [1.54, 1.807) is 18.2 Å². The normalized spacial score (nSPS) is 11.0. The molecule has 3 aromatic rings. The fourth-order valence-electron chi connectivity index (χ4n) is 2.25. The SMILES string of the molecule is NCc1sc2cccc(F)c2c1COc1cccc(F)c1.